The van der Waals surface area contributed by atoms with E-state index in [1.807, 2.05) is 12.1 Å². The van der Waals surface area contributed by atoms with Gasteiger partial charge in [0.15, 0.2) is 11.3 Å². The monoisotopic (exact) mass is 261 g/mol. The Labute approximate surface area is 110 Å². The first-order chi connectivity index (χ1) is 9.26. The molecule has 2 aromatic rings. The van der Waals surface area contributed by atoms with Crippen LogP contribution in [0.4, 0.5) is 0 Å². The maximum absolute atomic E-state index is 12.0. The van der Waals surface area contributed by atoms with Gasteiger partial charge in [-0.2, -0.15) is 0 Å². The highest BCUT2D eigenvalue weighted by molar-refractivity contribution is 5.88. The molecule has 5 nitrogen and oxygen atoms in total. The van der Waals surface area contributed by atoms with E-state index in [-0.39, 0.29) is 5.63 Å². The fourth-order valence-electron chi connectivity index (χ4n) is 2.57. The molecule has 0 amide bonds. The third-order valence-corrected chi connectivity index (χ3v) is 3.48. The minimum atomic E-state index is -0.304. The highest BCUT2D eigenvalue weighted by atomic mass is 16.5. The molecule has 0 aliphatic carbocycles. The summed E-state index contributed by atoms with van der Waals surface area (Å²) in [5, 5.41) is 4.11. The smallest absolute Gasteiger partial charge is 0.341 e. The highest BCUT2D eigenvalue weighted by Gasteiger charge is 2.21. The number of methoxy groups -OCH3 is 2. The molecule has 0 atom stereocenters. The van der Waals surface area contributed by atoms with E-state index in [0.29, 0.717) is 29.2 Å². The molecule has 5 heteroatoms. The average molecular weight is 261 g/mol. The second-order valence-corrected chi connectivity index (χ2v) is 4.45. The SMILES string of the molecule is COc1ccc2c3c(c(=O)oc2c1OC)CNCC3. The zero-order valence-corrected chi connectivity index (χ0v) is 10.9. The summed E-state index contributed by atoms with van der Waals surface area (Å²) >= 11 is 0. The van der Waals surface area contributed by atoms with Crippen molar-refractivity contribution in [2.45, 2.75) is 13.0 Å². The van der Waals surface area contributed by atoms with Crippen molar-refractivity contribution in [1.29, 1.82) is 0 Å². The Hall–Kier alpha value is -2.01. The van der Waals surface area contributed by atoms with Crippen LogP contribution in [0.25, 0.3) is 11.0 Å². The van der Waals surface area contributed by atoms with Gasteiger partial charge in [-0.25, -0.2) is 4.79 Å². The topological polar surface area (TPSA) is 60.7 Å². The van der Waals surface area contributed by atoms with E-state index in [4.69, 9.17) is 13.9 Å². The van der Waals surface area contributed by atoms with Gasteiger partial charge in [0, 0.05) is 11.9 Å². The van der Waals surface area contributed by atoms with Gasteiger partial charge < -0.3 is 19.2 Å². The van der Waals surface area contributed by atoms with Crippen molar-refractivity contribution in [3.8, 4) is 11.5 Å². The molecule has 3 rings (SSSR count). The molecule has 1 aliphatic heterocycles. The fourth-order valence-corrected chi connectivity index (χ4v) is 2.57. The molecule has 0 saturated carbocycles. The number of ether oxygens (including phenoxy) is 2. The van der Waals surface area contributed by atoms with Crippen molar-refractivity contribution < 1.29 is 13.9 Å². The van der Waals surface area contributed by atoms with E-state index in [1.54, 1.807) is 7.11 Å². The van der Waals surface area contributed by atoms with Gasteiger partial charge in [-0.15, -0.1) is 0 Å². The number of hydrogen-bond donors (Lipinski definition) is 1. The molecule has 0 unspecified atom stereocenters. The summed E-state index contributed by atoms with van der Waals surface area (Å²) < 4.78 is 16.0. The number of benzene rings is 1. The standard InChI is InChI=1S/C14H15NO4/c1-17-11-4-3-9-8-5-6-15-7-10(8)14(16)19-12(9)13(11)18-2/h3-4,15H,5-7H2,1-2H3. The normalized spacial score (nSPS) is 14.2. The van der Waals surface area contributed by atoms with Crippen molar-refractivity contribution in [3.05, 3.63) is 33.7 Å². The van der Waals surface area contributed by atoms with Crippen molar-refractivity contribution in [2.75, 3.05) is 20.8 Å². The predicted molar refractivity (Wildman–Crippen MR) is 71.0 cm³/mol. The van der Waals surface area contributed by atoms with E-state index in [2.05, 4.69) is 5.32 Å². The lowest BCUT2D eigenvalue weighted by Gasteiger charge is -2.18. The Morgan fingerprint density at radius 3 is 2.79 bits per heavy atom. The molecular formula is C14H15NO4. The maximum Gasteiger partial charge on any atom is 0.341 e. The first-order valence-electron chi connectivity index (χ1n) is 6.16. The van der Waals surface area contributed by atoms with Gasteiger partial charge in [0.1, 0.15) is 0 Å². The van der Waals surface area contributed by atoms with Crippen LogP contribution in [0.2, 0.25) is 0 Å². The summed E-state index contributed by atoms with van der Waals surface area (Å²) in [6, 6.07) is 3.76. The van der Waals surface area contributed by atoms with Gasteiger partial charge in [0.25, 0.3) is 0 Å². The van der Waals surface area contributed by atoms with Gasteiger partial charge in [0.2, 0.25) is 5.75 Å². The van der Waals surface area contributed by atoms with Crippen LogP contribution in [0.5, 0.6) is 11.5 Å². The second-order valence-electron chi connectivity index (χ2n) is 4.45. The molecule has 0 bridgehead atoms. The van der Waals surface area contributed by atoms with Gasteiger partial charge in [0.05, 0.1) is 19.8 Å². The first-order valence-corrected chi connectivity index (χ1v) is 6.16. The molecule has 1 N–H and O–H groups in total. The quantitative estimate of drug-likeness (QED) is 0.829. The number of hydrogen-bond acceptors (Lipinski definition) is 5. The molecule has 0 radical (unpaired) electrons. The van der Waals surface area contributed by atoms with E-state index < -0.39 is 0 Å². The molecule has 1 aromatic carbocycles. The Balaban J connectivity index is 2.40. The van der Waals surface area contributed by atoms with Crippen LogP contribution in [0.15, 0.2) is 21.3 Å². The Kier molecular flexibility index (Phi) is 2.91. The van der Waals surface area contributed by atoms with Gasteiger partial charge >= 0.3 is 5.63 Å². The molecule has 100 valence electrons. The molecular weight excluding hydrogens is 246 g/mol. The molecule has 1 aliphatic rings. The summed E-state index contributed by atoms with van der Waals surface area (Å²) in [6.07, 6.45) is 0.812. The molecule has 0 saturated heterocycles. The van der Waals surface area contributed by atoms with Gasteiger partial charge in [-0.1, -0.05) is 0 Å². The second kappa shape index (κ2) is 4.59. The fraction of sp³-hybridized carbons (Fsp3) is 0.357. The Morgan fingerprint density at radius 2 is 2.05 bits per heavy atom. The zero-order chi connectivity index (χ0) is 13.4. The third kappa shape index (κ3) is 1.77. The lowest BCUT2D eigenvalue weighted by Crippen LogP contribution is -2.29. The maximum atomic E-state index is 12.0. The summed E-state index contributed by atoms with van der Waals surface area (Å²) in [7, 11) is 3.10. The van der Waals surface area contributed by atoms with Crippen LogP contribution >= 0.6 is 0 Å². The molecule has 0 fully saturated rings. The van der Waals surface area contributed by atoms with Crippen LogP contribution in [0, 0.1) is 0 Å². The number of nitrogens with one attached hydrogen (secondary N) is 1. The van der Waals surface area contributed by atoms with E-state index in [1.165, 1.54) is 7.11 Å². The zero-order valence-electron chi connectivity index (χ0n) is 10.9. The Morgan fingerprint density at radius 1 is 1.21 bits per heavy atom. The largest absolute Gasteiger partial charge is 0.493 e. The summed E-state index contributed by atoms with van der Waals surface area (Å²) in [6.45, 7) is 1.42. The van der Waals surface area contributed by atoms with E-state index >= 15 is 0 Å². The summed E-state index contributed by atoms with van der Waals surface area (Å²) in [5.41, 5.74) is 1.92. The van der Waals surface area contributed by atoms with Gasteiger partial charge in [-0.3, -0.25) is 0 Å². The molecule has 0 spiro atoms. The molecule has 19 heavy (non-hydrogen) atoms. The predicted octanol–water partition coefficient (Wildman–Crippen LogP) is 1.46. The molecule has 1 aromatic heterocycles. The summed E-state index contributed by atoms with van der Waals surface area (Å²) in [5.74, 6) is 1.03. The van der Waals surface area contributed by atoms with Gasteiger partial charge in [-0.05, 0) is 30.7 Å². The lowest BCUT2D eigenvalue weighted by atomic mass is 9.98. The molecule has 2 heterocycles. The van der Waals surface area contributed by atoms with Crippen molar-refractivity contribution in [2.24, 2.45) is 0 Å². The lowest BCUT2D eigenvalue weighted by molar-refractivity contribution is 0.351. The van der Waals surface area contributed by atoms with Crippen molar-refractivity contribution in [3.63, 3.8) is 0 Å². The van der Waals surface area contributed by atoms with Crippen LogP contribution < -0.4 is 20.4 Å². The average Bonchev–Trinajstić information content (AvgIpc) is 2.46. The van der Waals surface area contributed by atoms with Crippen LogP contribution in [0.3, 0.4) is 0 Å². The van der Waals surface area contributed by atoms with Crippen molar-refractivity contribution in [1.82, 2.24) is 5.32 Å². The number of fused-ring (bicyclic) bond motifs is 3. The Bertz CT molecular complexity index is 690. The van der Waals surface area contributed by atoms with Crippen molar-refractivity contribution >= 4 is 11.0 Å². The van der Waals surface area contributed by atoms with E-state index in [0.717, 1.165) is 23.9 Å². The van der Waals surface area contributed by atoms with Crippen LogP contribution in [-0.2, 0) is 13.0 Å². The summed E-state index contributed by atoms with van der Waals surface area (Å²) in [4.78, 5) is 12.0. The van der Waals surface area contributed by atoms with Crippen LogP contribution in [-0.4, -0.2) is 20.8 Å². The van der Waals surface area contributed by atoms with E-state index in [9.17, 15) is 4.79 Å². The minimum Gasteiger partial charge on any atom is -0.493 e. The number of rotatable bonds is 2. The minimum absolute atomic E-state index is 0.304. The third-order valence-electron chi connectivity index (χ3n) is 3.48. The van der Waals surface area contributed by atoms with Crippen LogP contribution in [0.1, 0.15) is 11.1 Å². The first kappa shape index (κ1) is 12.0. The highest BCUT2D eigenvalue weighted by Crippen LogP contribution is 2.37.